The van der Waals surface area contributed by atoms with Gasteiger partial charge in [0.15, 0.2) is 0 Å². The highest BCUT2D eigenvalue weighted by Crippen LogP contribution is 2.27. The monoisotopic (exact) mass is 193 g/mol. The summed E-state index contributed by atoms with van der Waals surface area (Å²) in [4.78, 5) is 11.0. The van der Waals surface area contributed by atoms with E-state index in [0.29, 0.717) is 0 Å². The van der Waals surface area contributed by atoms with E-state index in [1.807, 2.05) is 0 Å². The van der Waals surface area contributed by atoms with Gasteiger partial charge in [0.05, 0.1) is 12.6 Å². The second-order valence-electron chi connectivity index (χ2n) is 2.51. The Hall–Kier alpha value is -0.780. The predicted molar refractivity (Wildman–Crippen MR) is 42.2 cm³/mol. The van der Waals surface area contributed by atoms with Gasteiger partial charge in [0.2, 0.25) is 10.9 Å². The third-order valence-corrected chi connectivity index (χ3v) is 2.37. The molecule has 1 fully saturated rings. The number of rotatable bonds is 3. The van der Waals surface area contributed by atoms with Crippen LogP contribution in [0.15, 0.2) is 0 Å². The van der Waals surface area contributed by atoms with Crippen LogP contribution >= 0.6 is 0 Å². The summed E-state index contributed by atoms with van der Waals surface area (Å²) in [5, 5.41) is 0. The molecule has 0 heterocycles. The lowest BCUT2D eigenvalue weighted by Gasteiger charge is -2.13. The number of carbonyl (C=O) groups excluding carboxylic acids is 1. The molecule has 1 rings (SSSR count). The van der Waals surface area contributed by atoms with E-state index in [2.05, 4.69) is 4.74 Å². The van der Waals surface area contributed by atoms with Crippen LogP contribution in [0.2, 0.25) is 0 Å². The van der Waals surface area contributed by atoms with Gasteiger partial charge in [0, 0.05) is 0 Å². The van der Waals surface area contributed by atoms with Crippen molar-refractivity contribution in [2.45, 2.75) is 25.8 Å². The molecule has 70 valence electrons. The van der Waals surface area contributed by atoms with E-state index in [4.69, 9.17) is 0 Å². The molecule has 1 aliphatic rings. The Kier molecular flexibility index (Phi) is 2.91. The Morgan fingerprint density at radius 1 is 1.58 bits per heavy atom. The second-order valence-corrected chi connectivity index (χ2v) is 3.42. The molecule has 0 unspecified atom stereocenters. The topological polar surface area (TPSA) is 63.7 Å². The molecule has 0 aromatic carbocycles. The zero-order chi connectivity index (χ0) is 9.14. The first-order chi connectivity index (χ1) is 5.66. The maximum atomic E-state index is 11.0. The van der Waals surface area contributed by atoms with E-state index in [9.17, 15) is 13.2 Å². The molecule has 0 bridgehead atoms. The van der Waals surface area contributed by atoms with Gasteiger partial charge in [0.1, 0.15) is 0 Å². The van der Waals surface area contributed by atoms with Gasteiger partial charge in [-0.25, -0.2) is 17.5 Å². The molecular formula is C6H11NO4S. The fourth-order valence-corrected chi connectivity index (χ4v) is 1.55. The average molecular weight is 193 g/mol. The summed E-state index contributed by atoms with van der Waals surface area (Å²) in [6, 6.07) is -0.148. The summed E-state index contributed by atoms with van der Waals surface area (Å²) >= 11 is 0. The lowest BCUT2D eigenvalue weighted by atomic mass is 10.7. The number of nitrogens with zero attached hydrogens (tertiary/aromatic N) is 1. The minimum Gasteiger partial charge on any atom is -0.449 e. The molecule has 1 saturated carbocycles. The quantitative estimate of drug-likeness (QED) is 0.647. The van der Waals surface area contributed by atoms with Crippen LogP contribution in [0.3, 0.4) is 0 Å². The van der Waals surface area contributed by atoms with Gasteiger partial charge in [-0.2, -0.15) is 0 Å². The van der Waals surface area contributed by atoms with Crippen molar-refractivity contribution in [3.8, 4) is 0 Å². The molecule has 6 heteroatoms. The van der Waals surface area contributed by atoms with Gasteiger partial charge in [0.25, 0.3) is 0 Å². The maximum Gasteiger partial charge on any atom is 0.423 e. The van der Waals surface area contributed by atoms with E-state index in [0.717, 1.165) is 17.1 Å². The zero-order valence-corrected chi connectivity index (χ0v) is 7.62. The first-order valence-electron chi connectivity index (χ1n) is 3.77. The molecule has 0 radical (unpaired) electrons. The van der Waals surface area contributed by atoms with E-state index in [1.54, 1.807) is 6.92 Å². The fourth-order valence-electron chi connectivity index (χ4n) is 0.858. The van der Waals surface area contributed by atoms with Crippen molar-refractivity contribution in [3.63, 3.8) is 0 Å². The van der Waals surface area contributed by atoms with Crippen molar-refractivity contribution in [2.75, 3.05) is 6.61 Å². The summed E-state index contributed by atoms with van der Waals surface area (Å²) in [6.45, 7) is 1.84. The molecule has 5 nitrogen and oxygen atoms in total. The molecule has 0 aromatic heterocycles. The number of hydrogen-bond donors (Lipinski definition) is 1. The van der Waals surface area contributed by atoms with E-state index >= 15 is 0 Å². The van der Waals surface area contributed by atoms with Crippen LogP contribution in [-0.2, 0) is 15.6 Å². The molecule has 0 spiro atoms. The van der Waals surface area contributed by atoms with Crippen LogP contribution in [0.25, 0.3) is 0 Å². The van der Waals surface area contributed by atoms with E-state index in [1.165, 1.54) is 0 Å². The fraction of sp³-hybridized carbons (Fsp3) is 0.833. The van der Waals surface area contributed by atoms with Crippen LogP contribution in [0.5, 0.6) is 0 Å². The van der Waals surface area contributed by atoms with Gasteiger partial charge >= 0.3 is 6.09 Å². The Morgan fingerprint density at radius 2 is 2.17 bits per heavy atom. The van der Waals surface area contributed by atoms with Gasteiger partial charge in [-0.3, -0.25) is 0 Å². The van der Waals surface area contributed by atoms with E-state index < -0.39 is 17.0 Å². The minimum atomic E-state index is -2.83. The molecular weight excluding hydrogens is 182 g/mol. The summed E-state index contributed by atoms with van der Waals surface area (Å²) in [5.74, 6) is 0. The molecule has 0 aliphatic heterocycles. The molecule has 12 heavy (non-hydrogen) atoms. The maximum absolute atomic E-state index is 11.0. The van der Waals surface area contributed by atoms with E-state index in [-0.39, 0.29) is 12.6 Å². The van der Waals surface area contributed by atoms with Crippen molar-refractivity contribution in [1.82, 2.24) is 4.31 Å². The highest BCUT2D eigenvalue weighted by molar-refractivity contribution is 7.70. The second kappa shape index (κ2) is 3.75. The molecule has 0 saturated heterocycles. The average Bonchev–Trinajstić information content (AvgIpc) is 2.71. The SMILES string of the molecule is CCOC(=O)N(C1CC1)[SH](=O)=O. The molecule has 0 atom stereocenters. The number of ether oxygens (including phenoxy) is 1. The Bertz CT molecular complexity index is 238. The summed E-state index contributed by atoms with van der Waals surface area (Å²) < 4.78 is 26.5. The largest absolute Gasteiger partial charge is 0.449 e. The summed E-state index contributed by atoms with van der Waals surface area (Å²) in [7, 11) is -2.83. The van der Waals surface area contributed by atoms with Gasteiger partial charge in [-0.05, 0) is 19.8 Å². The first-order valence-corrected chi connectivity index (χ1v) is 4.90. The molecule has 1 aliphatic carbocycles. The number of carbonyl (C=O) groups is 1. The number of hydrogen-bond acceptors (Lipinski definition) is 4. The normalized spacial score (nSPS) is 16.2. The molecule has 1 amide bonds. The Labute approximate surface area is 72.4 Å². The van der Waals surface area contributed by atoms with Crippen LogP contribution in [0.1, 0.15) is 19.8 Å². The predicted octanol–water partition coefficient (Wildman–Crippen LogP) is 0.134. The summed E-state index contributed by atoms with van der Waals surface area (Å²) in [6.07, 6.45) is 0.751. The highest BCUT2D eigenvalue weighted by Gasteiger charge is 2.35. The van der Waals surface area contributed by atoms with Gasteiger partial charge < -0.3 is 4.74 Å². The highest BCUT2D eigenvalue weighted by atomic mass is 32.2. The van der Waals surface area contributed by atoms with Crippen LogP contribution in [-0.4, -0.2) is 31.5 Å². The van der Waals surface area contributed by atoms with Gasteiger partial charge in [-0.15, -0.1) is 0 Å². The summed E-state index contributed by atoms with van der Waals surface area (Å²) in [5.41, 5.74) is 0. The van der Waals surface area contributed by atoms with Crippen molar-refractivity contribution in [3.05, 3.63) is 0 Å². The van der Waals surface area contributed by atoms with Gasteiger partial charge in [-0.1, -0.05) is 0 Å². The van der Waals surface area contributed by atoms with Crippen LogP contribution < -0.4 is 0 Å². The smallest absolute Gasteiger partial charge is 0.423 e. The van der Waals surface area contributed by atoms with Crippen molar-refractivity contribution in [2.24, 2.45) is 0 Å². The third-order valence-electron chi connectivity index (χ3n) is 1.52. The van der Waals surface area contributed by atoms with Crippen LogP contribution in [0.4, 0.5) is 4.79 Å². The standard InChI is InChI=1S/C6H11NO4S/c1-2-11-6(8)7(12(9)10)5-3-4-5/h5,12H,2-4H2,1H3. The van der Waals surface area contributed by atoms with Crippen molar-refractivity contribution in [1.29, 1.82) is 0 Å². The van der Waals surface area contributed by atoms with Crippen molar-refractivity contribution >= 4 is 17.0 Å². The molecule has 0 N–H and O–H groups in total. The Morgan fingerprint density at radius 3 is 2.50 bits per heavy atom. The lowest BCUT2D eigenvalue weighted by molar-refractivity contribution is 0.130. The third kappa shape index (κ3) is 2.10. The lowest BCUT2D eigenvalue weighted by Crippen LogP contribution is -2.32. The van der Waals surface area contributed by atoms with Crippen molar-refractivity contribution < 1.29 is 17.9 Å². The first kappa shape index (κ1) is 9.31. The minimum absolute atomic E-state index is 0.148. The zero-order valence-electron chi connectivity index (χ0n) is 6.73. The van der Waals surface area contributed by atoms with Crippen LogP contribution in [0, 0.1) is 0 Å². The molecule has 0 aromatic rings. The number of amides is 1. The number of thiol groups is 1. The Balaban J connectivity index is 2.58.